The highest BCUT2D eigenvalue weighted by molar-refractivity contribution is 9.10. The molecule has 2 aromatic carbocycles. The summed E-state index contributed by atoms with van der Waals surface area (Å²) >= 11 is 16.9. The van der Waals surface area contributed by atoms with E-state index in [9.17, 15) is 9.59 Å². The minimum atomic E-state index is -0.362. The maximum atomic E-state index is 12.9. The van der Waals surface area contributed by atoms with E-state index in [2.05, 4.69) is 50.6 Å². The predicted octanol–water partition coefficient (Wildman–Crippen LogP) is 6.62. The number of hydrogen-bond donors (Lipinski definition) is 2. The fourth-order valence-electron chi connectivity index (χ4n) is 3.44. The van der Waals surface area contributed by atoms with Crippen molar-refractivity contribution in [1.29, 1.82) is 0 Å². The highest BCUT2D eigenvalue weighted by Gasteiger charge is 2.25. The first kappa shape index (κ1) is 27.5. The lowest BCUT2D eigenvalue weighted by Crippen LogP contribution is -2.31. The molecule has 1 atom stereocenters. The van der Waals surface area contributed by atoms with Crippen molar-refractivity contribution in [2.24, 2.45) is 5.92 Å². The van der Waals surface area contributed by atoms with Crippen molar-refractivity contribution in [3.63, 3.8) is 0 Å². The van der Waals surface area contributed by atoms with Crippen molar-refractivity contribution in [2.75, 3.05) is 11.1 Å². The van der Waals surface area contributed by atoms with Gasteiger partial charge in [-0.15, -0.1) is 10.2 Å². The monoisotopic (exact) mass is 597 g/mol. The molecule has 7 nitrogen and oxygen atoms in total. The second-order valence-electron chi connectivity index (χ2n) is 8.19. The Morgan fingerprint density at radius 2 is 1.86 bits per heavy atom. The van der Waals surface area contributed by atoms with Crippen LogP contribution in [-0.2, 0) is 11.3 Å². The number of thioether (sulfide) groups is 1. The van der Waals surface area contributed by atoms with Crippen LogP contribution in [0.2, 0.25) is 10.0 Å². The number of benzene rings is 2. The number of aromatic nitrogens is 3. The summed E-state index contributed by atoms with van der Waals surface area (Å²) < 4.78 is 2.68. The first-order valence-corrected chi connectivity index (χ1v) is 13.6. The summed E-state index contributed by atoms with van der Waals surface area (Å²) in [5.41, 5.74) is 1.02. The van der Waals surface area contributed by atoms with Crippen LogP contribution in [-0.4, -0.2) is 32.3 Å². The third-order valence-electron chi connectivity index (χ3n) is 5.04. The number of nitrogens with one attached hydrogen (secondary N) is 2. The second-order valence-corrected chi connectivity index (χ2v) is 10.8. The zero-order valence-corrected chi connectivity index (χ0v) is 23.4. The Balaban J connectivity index is 1.73. The Kier molecular flexibility index (Phi) is 10.0. The lowest BCUT2D eigenvalue weighted by atomic mass is 10.0. The van der Waals surface area contributed by atoms with Crippen molar-refractivity contribution >= 4 is 68.4 Å². The van der Waals surface area contributed by atoms with Crippen LogP contribution in [0.15, 0.2) is 52.1 Å². The van der Waals surface area contributed by atoms with Crippen molar-refractivity contribution in [3.8, 4) is 0 Å². The van der Waals surface area contributed by atoms with Crippen LogP contribution in [0, 0.1) is 5.92 Å². The van der Waals surface area contributed by atoms with Crippen LogP contribution in [0.4, 0.5) is 5.69 Å². The molecule has 0 fully saturated rings. The molecule has 0 bridgehead atoms. The lowest BCUT2D eigenvalue weighted by molar-refractivity contribution is -0.113. The topological polar surface area (TPSA) is 88.9 Å². The van der Waals surface area contributed by atoms with E-state index in [0.717, 1.165) is 4.47 Å². The second kappa shape index (κ2) is 12.8. The summed E-state index contributed by atoms with van der Waals surface area (Å²) in [7, 11) is 0. The van der Waals surface area contributed by atoms with E-state index in [1.54, 1.807) is 42.5 Å². The number of halogens is 3. The van der Waals surface area contributed by atoms with Gasteiger partial charge in [0, 0.05) is 16.7 Å². The normalized spacial score (nSPS) is 12.0. The molecular formula is C24H26BrCl2N5O2S. The smallest absolute Gasteiger partial charge is 0.253 e. The Morgan fingerprint density at radius 3 is 2.51 bits per heavy atom. The summed E-state index contributed by atoms with van der Waals surface area (Å²) in [4.78, 5) is 25.4. The number of hydrogen-bond acceptors (Lipinski definition) is 5. The summed E-state index contributed by atoms with van der Waals surface area (Å²) in [6.45, 7) is 6.72. The SMILES string of the molecule is CCn1c(SCC(=O)Nc2ccc(Br)c(Cl)c2)nnc1[C@H](CC(C)C)NC(=O)c1ccccc1Cl. The van der Waals surface area contributed by atoms with Gasteiger partial charge in [-0.3, -0.25) is 9.59 Å². The van der Waals surface area contributed by atoms with Crippen molar-refractivity contribution in [3.05, 3.63) is 68.4 Å². The molecule has 0 saturated carbocycles. The first-order chi connectivity index (χ1) is 16.7. The molecule has 0 saturated heterocycles. The molecule has 11 heteroatoms. The third kappa shape index (κ3) is 7.46. The van der Waals surface area contributed by atoms with Gasteiger partial charge in [0.15, 0.2) is 11.0 Å². The molecule has 1 heterocycles. The van der Waals surface area contributed by atoms with E-state index in [-0.39, 0.29) is 23.6 Å². The molecule has 0 spiro atoms. The average molecular weight is 599 g/mol. The Hall–Kier alpha value is -2.07. The summed E-state index contributed by atoms with van der Waals surface area (Å²) in [5.74, 6) is 0.629. The third-order valence-corrected chi connectivity index (χ3v) is 7.57. The Bertz CT molecular complexity index is 1200. The number of amides is 2. The highest BCUT2D eigenvalue weighted by Crippen LogP contribution is 2.27. The Labute approximate surface area is 227 Å². The molecule has 3 aromatic rings. The van der Waals surface area contributed by atoms with E-state index >= 15 is 0 Å². The molecule has 0 radical (unpaired) electrons. The highest BCUT2D eigenvalue weighted by atomic mass is 79.9. The van der Waals surface area contributed by atoms with Gasteiger partial charge in [0.05, 0.1) is 27.4 Å². The van der Waals surface area contributed by atoms with Crippen molar-refractivity contribution in [1.82, 2.24) is 20.1 Å². The maximum absolute atomic E-state index is 12.9. The van der Waals surface area contributed by atoms with E-state index in [1.165, 1.54) is 11.8 Å². The standard InChI is InChI=1S/C24H26BrCl2N5O2S/c1-4-32-22(20(11-14(2)3)29-23(34)16-7-5-6-8-18(16)26)30-31-24(32)35-13-21(33)28-15-9-10-17(25)19(27)12-15/h5-10,12,14,20H,4,11,13H2,1-3H3,(H,28,33)(H,29,34)/t20-/m0/s1. The van der Waals surface area contributed by atoms with Crippen LogP contribution < -0.4 is 10.6 Å². The number of rotatable bonds is 10. The molecule has 1 aromatic heterocycles. The molecular weight excluding hydrogens is 573 g/mol. The van der Waals surface area contributed by atoms with E-state index in [1.807, 2.05) is 11.5 Å². The molecule has 35 heavy (non-hydrogen) atoms. The molecule has 186 valence electrons. The average Bonchev–Trinajstić information content (AvgIpc) is 3.22. The van der Waals surface area contributed by atoms with Gasteiger partial charge in [-0.2, -0.15) is 0 Å². The van der Waals surface area contributed by atoms with E-state index in [0.29, 0.717) is 51.2 Å². The van der Waals surface area contributed by atoms with Gasteiger partial charge in [-0.25, -0.2) is 0 Å². The molecule has 0 aliphatic heterocycles. The largest absolute Gasteiger partial charge is 0.342 e. The van der Waals surface area contributed by atoms with Gasteiger partial charge < -0.3 is 15.2 Å². The predicted molar refractivity (Wildman–Crippen MR) is 145 cm³/mol. The Morgan fingerprint density at radius 1 is 1.11 bits per heavy atom. The number of anilines is 1. The minimum Gasteiger partial charge on any atom is -0.342 e. The van der Waals surface area contributed by atoms with Gasteiger partial charge in [-0.05, 0) is 65.5 Å². The van der Waals surface area contributed by atoms with Crippen LogP contribution in [0.25, 0.3) is 0 Å². The molecule has 3 rings (SSSR count). The zero-order valence-electron chi connectivity index (χ0n) is 19.5. The zero-order chi connectivity index (χ0) is 25.5. The van der Waals surface area contributed by atoms with E-state index in [4.69, 9.17) is 23.2 Å². The lowest BCUT2D eigenvalue weighted by Gasteiger charge is -2.21. The number of carbonyl (C=O) groups is 2. The van der Waals surface area contributed by atoms with Gasteiger partial charge >= 0.3 is 0 Å². The molecule has 0 unspecified atom stereocenters. The van der Waals surface area contributed by atoms with Gasteiger partial charge in [-0.1, -0.05) is 60.9 Å². The first-order valence-electron chi connectivity index (χ1n) is 11.1. The quantitative estimate of drug-likeness (QED) is 0.256. The maximum Gasteiger partial charge on any atom is 0.253 e. The van der Waals surface area contributed by atoms with Gasteiger partial charge in [0.1, 0.15) is 0 Å². The van der Waals surface area contributed by atoms with Gasteiger partial charge in [0.25, 0.3) is 5.91 Å². The summed E-state index contributed by atoms with van der Waals surface area (Å²) in [6.07, 6.45) is 0.670. The summed E-state index contributed by atoms with van der Waals surface area (Å²) in [6, 6.07) is 11.8. The molecule has 0 aliphatic rings. The van der Waals surface area contributed by atoms with Crippen molar-refractivity contribution < 1.29 is 9.59 Å². The van der Waals surface area contributed by atoms with Crippen LogP contribution >= 0.6 is 50.9 Å². The molecule has 2 amide bonds. The van der Waals surface area contributed by atoms with E-state index < -0.39 is 0 Å². The van der Waals surface area contributed by atoms with Crippen LogP contribution in [0.5, 0.6) is 0 Å². The van der Waals surface area contributed by atoms with Crippen molar-refractivity contribution in [2.45, 2.75) is 44.9 Å². The molecule has 0 aliphatic carbocycles. The fourth-order valence-corrected chi connectivity index (χ4v) is 4.90. The minimum absolute atomic E-state index is 0.145. The fraction of sp³-hybridized carbons (Fsp3) is 0.333. The van der Waals surface area contributed by atoms with Gasteiger partial charge in [0.2, 0.25) is 5.91 Å². The number of nitrogens with zero attached hydrogens (tertiary/aromatic N) is 3. The molecule has 2 N–H and O–H groups in total. The summed E-state index contributed by atoms with van der Waals surface area (Å²) in [5, 5.41) is 16.1. The van der Waals surface area contributed by atoms with Crippen LogP contribution in [0.3, 0.4) is 0 Å². The number of carbonyl (C=O) groups excluding carboxylic acids is 2. The van der Waals surface area contributed by atoms with Crippen LogP contribution in [0.1, 0.15) is 49.4 Å².